The molecule has 1 saturated heterocycles. The van der Waals surface area contributed by atoms with Gasteiger partial charge in [-0.3, -0.25) is 0 Å². The van der Waals surface area contributed by atoms with Crippen molar-refractivity contribution in [2.75, 3.05) is 12.4 Å². The zero-order chi connectivity index (χ0) is 13.9. The first kappa shape index (κ1) is 14.5. The largest absolute Gasteiger partial charge is 0.386 e. The maximum atomic E-state index is 11.8. The Morgan fingerprint density at radius 3 is 2.84 bits per heavy atom. The van der Waals surface area contributed by atoms with Crippen LogP contribution in [0.25, 0.3) is 0 Å². The van der Waals surface area contributed by atoms with Gasteiger partial charge in [-0.2, -0.15) is 0 Å². The van der Waals surface area contributed by atoms with Crippen LogP contribution in [-0.2, 0) is 14.6 Å². The summed E-state index contributed by atoms with van der Waals surface area (Å²) in [6, 6.07) is 6.54. The standard InChI is InChI=1S/C14H20O4S/c1-2-19(16,17)12-7-5-6-11(10-12)14(15)13-8-3-4-9-18-13/h5-7,10,13-15H,2-4,8-9H2,1H3. The minimum Gasteiger partial charge on any atom is -0.386 e. The summed E-state index contributed by atoms with van der Waals surface area (Å²) in [5.41, 5.74) is 0.612. The molecule has 0 saturated carbocycles. The molecule has 0 aliphatic carbocycles. The van der Waals surface area contributed by atoms with E-state index in [0.29, 0.717) is 12.2 Å². The van der Waals surface area contributed by atoms with Crippen LogP contribution in [0.15, 0.2) is 29.2 Å². The highest BCUT2D eigenvalue weighted by molar-refractivity contribution is 7.91. The van der Waals surface area contributed by atoms with Crippen molar-refractivity contribution in [1.29, 1.82) is 0 Å². The zero-order valence-corrected chi connectivity index (χ0v) is 11.9. The first-order valence-corrected chi connectivity index (χ1v) is 8.32. The Bertz CT molecular complexity index is 518. The first-order valence-electron chi connectivity index (χ1n) is 6.67. The third kappa shape index (κ3) is 3.35. The molecule has 0 spiro atoms. The van der Waals surface area contributed by atoms with Crippen LogP contribution in [0.3, 0.4) is 0 Å². The van der Waals surface area contributed by atoms with E-state index >= 15 is 0 Å². The van der Waals surface area contributed by atoms with Gasteiger partial charge in [-0.1, -0.05) is 19.1 Å². The average Bonchev–Trinajstić information content (AvgIpc) is 2.47. The predicted molar refractivity (Wildman–Crippen MR) is 72.7 cm³/mol. The van der Waals surface area contributed by atoms with E-state index in [1.165, 1.54) is 0 Å². The monoisotopic (exact) mass is 284 g/mol. The van der Waals surface area contributed by atoms with Gasteiger partial charge in [-0.05, 0) is 37.0 Å². The molecular weight excluding hydrogens is 264 g/mol. The number of hydrogen-bond donors (Lipinski definition) is 1. The van der Waals surface area contributed by atoms with Gasteiger partial charge in [0.15, 0.2) is 9.84 Å². The van der Waals surface area contributed by atoms with Crippen molar-refractivity contribution in [2.24, 2.45) is 0 Å². The quantitative estimate of drug-likeness (QED) is 0.919. The van der Waals surface area contributed by atoms with E-state index in [2.05, 4.69) is 0 Å². The minimum atomic E-state index is -3.24. The van der Waals surface area contributed by atoms with Gasteiger partial charge in [0.25, 0.3) is 0 Å². The second-order valence-electron chi connectivity index (χ2n) is 4.83. The van der Waals surface area contributed by atoms with Crippen LogP contribution in [-0.4, -0.2) is 32.0 Å². The predicted octanol–water partition coefficient (Wildman–Crippen LogP) is 2.08. The Hall–Kier alpha value is -0.910. The highest BCUT2D eigenvalue weighted by atomic mass is 32.2. The van der Waals surface area contributed by atoms with Crippen molar-refractivity contribution in [3.63, 3.8) is 0 Å². The highest BCUT2D eigenvalue weighted by Crippen LogP contribution is 2.27. The van der Waals surface area contributed by atoms with Crippen molar-refractivity contribution in [3.8, 4) is 0 Å². The van der Waals surface area contributed by atoms with Crippen LogP contribution in [0.5, 0.6) is 0 Å². The van der Waals surface area contributed by atoms with E-state index < -0.39 is 15.9 Å². The Kier molecular flexibility index (Phi) is 4.60. The highest BCUT2D eigenvalue weighted by Gasteiger charge is 2.25. The van der Waals surface area contributed by atoms with Gasteiger partial charge in [-0.15, -0.1) is 0 Å². The number of ether oxygens (including phenoxy) is 1. The molecule has 0 radical (unpaired) electrons. The molecule has 1 aromatic carbocycles. The second-order valence-corrected chi connectivity index (χ2v) is 7.10. The summed E-state index contributed by atoms with van der Waals surface area (Å²) < 4.78 is 29.2. The van der Waals surface area contributed by atoms with Crippen molar-refractivity contribution in [2.45, 2.75) is 43.3 Å². The van der Waals surface area contributed by atoms with Gasteiger partial charge >= 0.3 is 0 Å². The van der Waals surface area contributed by atoms with Crippen LogP contribution in [0.1, 0.15) is 37.9 Å². The normalized spacial score (nSPS) is 22.1. The summed E-state index contributed by atoms with van der Waals surface area (Å²) in [4.78, 5) is 0.266. The van der Waals surface area contributed by atoms with Gasteiger partial charge in [0.2, 0.25) is 0 Å². The third-order valence-electron chi connectivity index (χ3n) is 3.51. The SMILES string of the molecule is CCS(=O)(=O)c1cccc(C(O)C2CCCCO2)c1. The summed E-state index contributed by atoms with van der Waals surface area (Å²) in [6.07, 6.45) is 1.88. The molecule has 1 fully saturated rings. The fraction of sp³-hybridized carbons (Fsp3) is 0.571. The van der Waals surface area contributed by atoms with E-state index in [0.717, 1.165) is 19.3 Å². The average molecular weight is 284 g/mol. The zero-order valence-electron chi connectivity index (χ0n) is 11.1. The lowest BCUT2D eigenvalue weighted by Crippen LogP contribution is -2.26. The molecule has 0 amide bonds. The Morgan fingerprint density at radius 1 is 1.42 bits per heavy atom. The summed E-state index contributed by atoms with van der Waals surface area (Å²) in [5.74, 6) is 0.0620. The van der Waals surface area contributed by atoms with Crippen LogP contribution < -0.4 is 0 Å². The molecule has 1 aromatic rings. The molecule has 1 aliphatic rings. The number of hydrogen-bond acceptors (Lipinski definition) is 4. The fourth-order valence-electron chi connectivity index (χ4n) is 2.29. The topological polar surface area (TPSA) is 63.6 Å². The molecule has 0 aromatic heterocycles. The fourth-order valence-corrected chi connectivity index (χ4v) is 3.22. The Labute approximate surface area is 114 Å². The van der Waals surface area contributed by atoms with Crippen LogP contribution in [0.4, 0.5) is 0 Å². The molecule has 2 rings (SSSR count). The van der Waals surface area contributed by atoms with E-state index in [1.807, 2.05) is 0 Å². The van der Waals surface area contributed by atoms with Crippen molar-refractivity contribution in [1.82, 2.24) is 0 Å². The second kappa shape index (κ2) is 6.03. The molecule has 4 nitrogen and oxygen atoms in total. The summed E-state index contributed by atoms with van der Waals surface area (Å²) >= 11 is 0. The van der Waals surface area contributed by atoms with E-state index in [1.54, 1.807) is 31.2 Å². The minimum absolute atomic E-state index is 0.0620. The van der Waals surface area contributed by atoms with Crippen LogP contribution in [0.2, 0.25) is 0 Å². The van der Waals surface area contributed by atoms with E-state index in [4.69, 9.17) is 4.74 Å². The van der Waals surface area contributed by atoms with Crippen molar-refractivity contribution in [3.05, 3.63) is 29.8 Å². The van der Waals surface area contributed by atoms with Gasteiger partial charge in [0, 0.05) is 6.61 Å². The lowest BCUT2D eigenvalue weighted by molar-refractivity contribution is -0.0634. The number of benzene rings is 1. The molecule has 1 heterocycles. The maximum Gasteiger partial charge on any atom is 0.178 e. The molecule has 5 heteroatoms. The summed E-state index contributed by atoms with van der Waals surface area (Å²) in [6.45, 7) is 2.28. The first-order chi connectivity index (χ1) is 9.04. The van der Waals surface area contributed by atoms with Crippen LogP contribution in [0, 0.1) is 0 Å². The Balaban J connectivity index is 2.23. The van der Waals surface area contributed by atoms with Crippen LogP contribution >= 0.6 is 0 Å². The number of aliphatic hydroxyl groups is 1. The molecule has 0 bridgehead atoms. The van der Waals surface area contributed by atoms with Crippen molar-refractivity contribution >= 4 is 9.84 Å². The van der Waals surface area contributed by atoms with E-state index in [-0.39, 0.29) is 16.8 Å². The number of sulfone groups is 1. The summed E-state index contributed by atoms with van der Waals surface area (Å²) in [7, 11) is -3.24. The smallest absolute Gasteiger partial charge is 0.178 e. The lowest BCUT2D eigenvalue weighted by Gasteiger charge is -2.27. The lowest BCUT2D eigenvalue weighted by atomic mass is 9.98. The number of rotatable bonds is 4. The van der Waals surface area contributed by atoms with Gasteiger partial charge in [0.05, 0.1) is 16.8 Å². The molecular formula is C14H20O4S. The molecule has 1 aliphatic heterocycles. The third-order valence-corrected chi connectivity index (χ3v) is 5.24. The van der Waals surface area contributed by atoms with Gasteiger partial charge in [0.1, 0.15) is 6.10 Å². The maximum absolute atomic E-state index is 11.8. The molecule has 2 atom stereocenters. The number of aliphatic hydroxyl groups excluding tert-OH is 1. The van der Waals surface area contributed by atoms with Gasteiger partial charge in [-0.25, -0.2) is 8.42 Å². The molecule has 1 N–H and O–H groups in total. The van der Waals surface area contributed by atoms with E-state index in [9.17, 15) is 13.5 Å². The van der Waals surface area contributed by atoms with Gasteiger partial charge < -0.3 is 9.84 Å². The van der Waals surface area contributed by atoms with Crippen molar-refractivity contribution < 1.29 is 18.3 Å². The molecule has 2 unspecified atom stereocenters. The molecule has 19 heavy (non-hydrogen) atoms. The summed E-state index contributed by atoms with van der Waals surface area (Å²) in [5, 5.41) is 10.3. The molecule has 106 valence electrons. The Morgan fingerprint density at radius 2 is 2.21 bits per heavy atom.